The van der Waals surface area contributed by atoms with Gasteiger partial charge in [0.1, 0.15) is 0 Å². The predicted octanol–water partition coefficient (Wildman–Crippen LogP) is 3.36. The van der Waals surface area contributed by atoms with Crippen LogP contribution in [0.2, 0.25) is 5.02 Å². The summed E-state index contributed by atoms with van der Waals surface area (Å²) in [5, 5.41) is 3.75. The van der Waals surface area contributed by atoms with Crippen molar-refractivity contribution in [3.8, 4) is 0 Å². The van der Waals surface area contributed by atoms with Gasteiger partial charge in [-0.25, -0.2) is 8.42 Å². The van der Waals surface area contributed by atoms with Gasteiger partial charge in [0.05, 0.1) is 11.5 Å². The Balaban J connectivity index is 1.78. The van der Waals surface area contributed by atoms with Crippen molar-refractivity contribution >= 4 is 27.1 Å². The van der Waals surface area contributed by atoms with Crippen LogP contribution in [0.5, 0.6) is 0 Å². The maximum Gasteiger partial charge on any atom is 0.152 e. The zero-order chi connectivity index (χ0) is 13.7. The molecule has 1 aliphatic rings. The molecule has 1 N–H and O–H groups in total. The molecule has 1 fully saturated rings. The zero-order valence-corrected chi connectivity index (χ0v) is 12.5. The van der Waals surface area contributed by atoms with Crippen LogP contribution < -0.4 is 5.32 Å². The molecule has 0 bridgehead atoms. The lowest BCUT2D eigenvalue weighted by atomic mass is 10.1. The highest BCUT2D eigenvalue weighted by Crippen LogP contribution is 2.26. The second-order valence-corrected chi connectivity index (χ2v) is 7.87. The Morgan fingerprint density at radius 2 is 2.00 bits per heavy atom. The lowest BCUT2D eigenvalue weighted by Crippen LogP contribution is -2.22. The first kappa shape index (κ1) is 14.7. The standard InChI is InChI=1S/C14H20ClNO2S/c15-13-6-3-7-14(10-13)16-8-9-19(17,18)11-12-4-1-2-5-12/h3,6-7,10,12,16H,1-2,4-5,8-9,11H2. The first-order valence-corrected chi connectivity index (χ1v) is 8.95. The average molecular weight is 302 g/mol. The quantitative estimate of drug-likeness (QED) is 0.876. The van der Waals surface area contributed by atoms with Crippen LogP contribution in [-0.2, 0) is 9.84 Å². The molecule has 0 amide bonds. The van der Waals surface area contributed by atoms with E-state index in [1.807, 2.05) is 12.1 Å². The molecule has 2 rings (SSSR count). The largest absolute Gasteiger partial charge is 0.384 e. The number of halogens is 1. The molecule has 0 atom stereocenters. The van der Waals surface area contributed by atoms with E-state index in [0.717, 1.165) is 18.5 Å². The Labute approximate surface area is 120 Å². The van der Waals surface area contributed by atoms with Crippen molar-refractivity contribution in [1.29, 1.82) is 0 Å². The number of benzene rings is 1. The van der Waals surface area contributed by atoms with E-state index in [9.17, 15) is 8.42 Å². The van der Waals surface area contributed by atoms with Crippen molar-refractivity contribution in [2.45, 2.75) is 25.7 Å². The van der Waals surface area contributed by atoms with Crippen molar-refractivity contribution in [3.05, 3.63) is 29.3 Å². The molecule has 1 aromatic rings. The third-order valence-electron chi connectivity index (χ3n) is 3.53. The number of anilines is 1. The fourth-order valence-corrected chi connectivity index (χ4v) is 4.39. The summed E-state index contributed by atoms with van der Waals surface area (Å²) in [7, 11) is -2.94. The topological polar surface area (TPSA) is 46.2 Å². The minimum absolute atomic E-state index is 0.190. The molecule has 3 nitrogen and oxygen atoms in total. The molecule has 19 heavy (non-hydrogen) atoms. The van der Waals surface area contributed by atoms with Crippen molar-refractivity contribution in [1.82, 2.24) is 0 Å². The summed E-state index contributed by atoms with van der Waals surface area (Å²) in [6.45, 7) is 0.440. The van der Waals surface area contributed by atoms with Gasteiger partial charge in [-0.15, -0.1) is 0 Å². The van der Waals surface area contributed by atoms with E-state index in [1.54, 1.807) is 12.1 Å². The fraction of sp³-hybridized carbons (Fsp3) is 0.571. The second kappa shape index (κ2) is 6.62. The van der Waals surface area contributed by atoms with Gasteiger partial charge < -0.3 is 5.32 Å². The molecular formula is C14H20ClNO2S. The molecule has 0 saturated heterocycles. The van der Waals surface area contributed by atoms with Crippen LogP contribution in [0, 0.1) is 5.92 Å². The molecule has 1 aliphatic carbocycles. The molecule has 5 heteroatoms. The van der Waals surface area contributed by atoms with E-state index in [1.165, 1.54) is 12.8 Å². The zero-order valence-electron chi connectivity index (χ0n) is 10.9. The Morgan fingerprint density at radius 3 is 2.68 bits per heavy atom. The normalized spacial score (nSPS) is 16.7. The van der Waals surface area contributed by atoms with E-state index in [2.05, 4.69) is 5.32 Å². The second-order valence-electron chi connectivity index (χ2n) is 5.20. The smallest absolute Gasteiger partial charge is 0.152 e. The number of nitrogens with one attached hydrogen (secondary N) is 1. The number of hydrogen-bond acceptors (Lipinski definition) is 3. The van der Waals surface area contributed by atoms with Crippen LogP contribution in [-0.4, -0.2) is 26.5 Å². The summed E-state index contributed by atoms with van der Waals surface area (Å²) in [6.07, 6.45) is 4.50. The first-order valence-electron chi connectivity index (χ1n) is 6.75. The van der Waals surface area contributed by atoms with Gasteiger partial charge >= 0.3 is 0 Å². The number of rotatable bonds is 6. The lowest BCUT2D eigenvalue weighted by Gasteiger charge is -2.11. The van der Waals surface area contributed by atoms with Crippen LogP contribution in [0.15, 0.2) is 24.3 Å². The fourth-order valence-electron chi connectivity index (χ4n) is 2.57. The minimum Gasteiger partial charge on any atom is -0.384 e. The average Bonchev–Trinajstić information content (AvgIpc) is 2.80. The molecule has 1 saturated carbocycles. The van der Waals surface area contributed by atoms with Gasteiger partial charge in [-0.3, -0.25) is 0 Å². The van der Waals surface area contributed by atoms with E-state index in [-0.39, 0.29) is 5.75 Å². The molecule has 0 aromatic heterocycles. The lowest BCUT2D eigenvalue weighted by molar-refractivity contribution is 0.559. The highest BCUT2D eigenvalue weighted by molar-refractivity contribution is 7.91. The Hall–Kier alpha value is -0.740. The number of hydrogen-bond donors (Lipinski definition) is 1. The summed E-state index contributed by atoms with van der Waals surface area (Å²) in [4.78, 5) is 0. The minimum atomic E-state index is -2.94. The maximum atomic E-state index is 12.0. The Morgan fingerprint density at radius 1 is 1.26 bits per heavy atom. The molecular weight excluding hydrogens is 282 g/mol. The third-order valence-corrected chi connectivity index (χ3v) is 5.57. The molecule has 106 valence electrons. The van der Waals surface area contributed by atoms with Crippen molar-refractivity contribution in [2.75, 3.05) is 23.4 Å². The SMILES string of the molecule is O=S(=O)(CCNc1cccc(Cl)c1)CC1CCCC1. The maximum absolute atomic E-state index is 12.0. The van der Waals surface area contributed by atoms with Gasteiger partial charge in [-0.05, 0) is 37.0 Å². The van der Waals surface area contributed by atoms with Crippen LogP contribution in [0.25, 0.3) is 0 Å². The van der Waals surface area contributed by atoms with Crippen LogP contribution in [0.1, 0.15) is 25.7 Å². The highest BCUT2D eigenvalue weighted by atomic mass is 35.5. The summed E-state index contributed by atoms with van der Waals surface area (Å²) >= 11 is 5.87. The van der Waals surface area contributed by atoms with Gasteiger partial charge in [0.15, 0.2) is 9.84 Å². The molecule has 0 radical (unpaired) electrons. The molecule has 1 aromatic carbocycles. The van der Waals surface area contributed by atoms with Gasteiger partial charge in [0.2, 0.25) is 0 Å². The van der Waals surface area contributed by atoms with Crippen molar-refractivity contribution < 1.29 is 8.42 Å². The third kappa shape index (κ3) is 5.03. The van der Waals surface area contributed by atoms with Crippen LogP contribution in [0.4, 0.5) is 5.69 Å². The van der Waals surface area contributed by atoms with Crippen LogP contribution >= 0.6 is 11.6 Å². The van der Waals surface area contributed by atoms with E-state index >= 15 is 0 Å². The highest BCUT2D eigenvalue weighted by Gasteiger charge is 2.22. The predicted molar refractivity (Wildman–Crippen MR) is 80.6 cm³/mol. The Kier molecular flexibility index (Phi) is 5.11. The molecule has 0 heterocycles. The summed E-state index contributed by atoms with van der Waals surface area (Å²) in [5.74, 6) is 0.927. The van der Waals surface area contributed by atoms with E-state index < -0.39 is 9.84 Å². The van der Waals surface area contributed by atoms with E-state index in [4.69, 9.17) is 11.6 Å². The van der Waals surface area contributed by atoms with Gasteiger partial charge in [0.25, 0.3) is 0 Å². The first-order chi connectivity index (χ1) is 9.05. The molecule has 0 aliphatic heterocycles. The van der Waals surface area contributed by atoms with Gasteiger partial charge in [-0.2, -0.15) is 0 Å². The van der Waals surface area contributed by atoms with Crippen molar-refractivity contribution in [3.63, 3.8) is 0 Å². The monoisotopic (exact) mass is 301 g/mol. The Bertz CT molecular complexity index is 510. The number of sulfone groups is 1. The van der Waals surface area contributed by atoms with Crippen molar-refractivity contribution in [2.24, 2.45) is 5.92 Å². The summed E-state index contributed by atoms with van der Waals surface area (Å²) in [6, 6.07) is 7.32. The molecule has 0 spiro atoms. The van der Waals surface area contributed by atoms with Gasteiger partial charge in [-0.1, -0.05) is 30.5 Å². The summed E-state index contributed by atoms with van der Waals surface area (Å²) < 4.78 is 24.0. The van der Waals surface area contributed by atoms with Crippen LogP contribution in [0.3, 0.4) is 0 Å². The summed E-state index contributed by atoms with van der Waals surface area (Å²) in [5.41, 5.74) is 0.864. The van der Waals surface area contributed by atoms with Gasteiger partial charge in [0, 0.05) is 17.3 Å². The van der Waals surface area contributed by atoms with E-state index in [0.29, 0.717) is 23.2 Å². The molecule has 0 unspecified atom stereocenters.